The van der Waals surface area contributed by atoms with Gasteiger partial charge in [-0.25, -0.2) is 4.98 Å². The number of carbonyl (C=O) groups excluding carboxylic acids is 1. The number of para-hydroxylation sites is 2. The number of benzene rings is 3. The second-order valence-electron chi connectivity index (χ2n) is 9.30. The van der Waals surface area contributed by atoms with Gasteiger partial charge in [-0.05, 0) is 42.2 Å². The van der Waals surface area contributed by atoms with Crippen LogP contribution >= 0.6 is 0 Å². The van der Waals surface area contributed by atoms with Gasteiger partial charge in [-0.1, -0.05) is 74.0 Å². The van der Waals surface area contributed by atoms with Crippen molar-refractivity contribution in [2.45, 2.75) is 52.6 Å². The first kappa shape index (κ1) is 23.0. The summed E-state index contributed by atoms with van der Waals surface area (Å²) < 4.78 is 2.36. The Morgan fingerprint density at radius 3 is 2.51 bits per heavy atom. The van der Waals surface area contributed by atoms with Crippen LogP contribution < -0.4 is 0 Å². The molecule has 0 N–H and O–H groups in total. The predicted molar refractivity (Wildman–Crippen MR) is 142 cm³/mol. The van der Waals surface area contributed by atoms with Gasteiger partial charge in [0.15, 0.2) is 5.78 Å². The van der Waals surface area contributed by atoms with Crippen molar-refractivity contribution >= 4 is 22.5 Å². The van der Waals surface area contributed by atoms with Crippen molar-refractivity contribution in [3.05, 3.63) is 101 Å². The Bertz CT molecular complexity index is 1370. The summed E-state index contributed by atoms with van der Waals surface area (Å²) in [5, 5.41) is 6.94. The molecule has 1 aliphatic rings. The average Bonchev–Trinajstić information content (AvgIpc) is 3.48. The molecule has 35 heavy (non-hydrogen) atoms. The maximum Gasteiger partial charge on any atom is 0.160 e. The molecule has 1 aliphatic heterocycles. The van der Waals surface area contributed by atoms with Crippen LogP contribution in [0.15, 0.2) is 77.9 Å². The first-order chi connectivity index (χ1) is 17.1. The number of aryl methyl sites for hydroxylation is 1. The summed E-state index contributed by atoms with van der Waals surface area (Å²) in [5.41, 5.74) is 7.62. The fourth-order valence-electron chi connectivity index (χ4n) is 4.83. The zero-order valence-corrected chi connectivity index (χ0v) is 20.6. The molecule has 0 radical (unpaired) electrons. The summed E-state index contributed by atoms with van der Waals surface area (Å²) in [6, 6.07) is 25.0. The van der Waals surface area contributed by atoms with Gasteiger partial charge in [0.1, 0.15) is 5.82 Å². The number of aromatic nitrogens is 2. The number of Topliss-reactive ketones (excluding diaryl/α,β-unsaturated/α-hetero) is 1. The molecule has 1 aromatic heterocycles. The van der Waals surface area contributed by atoms with E-state index in [1.807, 2.05) is 24.3 Å². The third-order valence-electron chi connectivity index (χ3n) is 6.73. The fraction of sp³-hybridized carbons (Fsp3) is 0.300. The van der Waals surface area contributed by atoms with Gasteiger partial charge in [0.05, 0.1) is 23.3 Å². The smallest absolute Gasteiger partial charge is 0.160 e. The van der Waals surface area contributed by atoms with E-state index in [1.54, 1.807) is 6.92 Å². The third-order valence-corrected chi connectivity index (χ3v) is 6.73. The molecule has 0 saturated heterocycles. The van der Waals surface area contributed by atoms with Crippen LogP contribution in [0.4, 0.5) is 0 Å². The largest absolute Gasteiger partial charge is 0.323 e. The summed E-state index contributed by atoms with van der Waals surface area (Å²) >= 11 is 0. The Morgan fingerprint density at radius 2 is 1.71 bits per heavy atom. The molecule has 5 heteroatoms. The van der Waals surface area contributed by atoms with Crippen LogP contribution in [0.2, 0.25) is 0 Å². The van der Waals surface area contributed by atoms with Crippen LogP contribution in [0.5, 0.6) is 0 Å². The highest BCUT2D eigenvalue weighted by Gasteiger charge is 2.18. The molecule has 3 aromatic carbocycles. The molecular formula is C30H32N4O. The van der Waals surface area contributed by atoms with E-state index >= 15 is 0 Å². The van der Waals surface area contributed by atoms with Crippen LogP contribution in [0.3, 0.4) is 0 Å². The Balaban J connectivity index is 1.32. The second kappa shape index (κ2) is 10.3. The number of nitrogens with zero attached hydrogens (tertiary/aromatic N) is 4. The summed E-state index contributed by atoms with van der Waals surface area (Å²) in [5.74, 6) is 1.27. The van der Waals surface area contributed by atoms with Gasteiger partial charge in [-0.15, -0.1) is 0 Å². The molecular weight excluding hydrogens is 432 g/mol. The van der Waals surface area contributed by atoms with E-state index in [0.29, 0.717) is 6.54 Å². The van der Waals surface area contributed by atoms with Crippen molar-refractivity contribution in [3.8, 4) is 0 Å². The molecule has 5 rings (SSSR count). The third kappa shape index (κ3) is 5.04. The van der Waals surface area contributed by atoms with E-state index in [2.05, 4.69) is 65.0 Å². The fourth-order valence-corrected chi connectivity index (χ4v) is 4.83. The number of fused-ring (bicyclic) bond motifs is 1. The van der Waals surface area contributed by atoms with Crippen molar-refractivity contribution < 1.29 is 4.79 Å². The van der Waals surface area contributed by atoms with E-state index < -0.39 is 0 Å². The Kier molecular flexibility index (Phi) is 6.75. The van der Waals surface area contributed by atoms with Crippen LogP contribution in [0.1, 0.15) is 66.0 Å². The van der Waals surface area contributed by atoms with Crippen molar-refractivity contribution in [1.29, 1.82) is 0 Å². The number of ketones is 1. The number of hydrazone groups is 1. The van der Waals surface area contributed by atoms with E-state index in [-0.39, 0.29) is 5.78 Å². The molecule has 4 aromatic rings. The number of unbranched alkanes of at least 4 members (excludes halogenated alkanes) is 1. The number of imidazole rings is 1. The quantitative estimate of drug-likeness (QED) is 0.276. The highest BCUT2D eigenvalue weighted by Crippen LogP contribution is 2.22. The zero-order chi connectivity index (χ0) is 24.2. The molecule has 0 bridgehead atoms. The normalized spacial score (nSPS) is 13.4. The predicted octanol–water partition coefficient (Wildman–Crippen LogP) is 6.24. The molecule has 0 saturated carbocycles. The molecule has 5 nitrogen and oxygen atoms in total. The minimum Gasteiger partial charge on any atom is -0.323 e. The monoisotopic (exact) mass is 464 g/mol. The maximum atomic E-state index is 12.0. The highest BCUT2D eigenvalue weighted by atomic mass is 16.1. The van der Waals surface area contributed by atoms with Crippen molar-refractivity contribution in [1.82, 2.24) is 14.6 Å². The number of hydrogen-bond donors (Lipinski definition) is 0. The van der Waals surface area contributed by atoms with E-state index in [1.165, 1.54) is 16.9 Å². The van der Waals surface area contributed by atoms with Crippen LogP contribution in [-0.2, 0) is 19.5 Å². The van der Waals surface area contributed by atoms with Gasteiger partial charge in [0, 0.05) is 31.5 Å². The molecule has 0 amide bonds. The van der Waals surface area contributed by atoms with Gasteiger partial charge in [-0.3, -0.25) is 9.80 Å². The lowest BCUT2D eigenvalue weighted by atomic mass is 10.0. The first-order valence-corrected chi connectivity index (χ1v) is 12.6. The van der Waals surface area contributed by atoms with E-state index in [0.717, 1.165) is 66.7 Å². The Morgan fingerprint density at radius 1 is 0.943 bits per heavy atom. The average molecular weight is 465 g/mol. The number of carbonyl (C=O) groups is 1. The van der Waals surface area contributed by atoms with Crippen LogP contribution in [0, 0.1) is 0 Å². The SMILES string of the molecule is CCCCc1nc2ccccc2n1Cc1ccc(C2=NN(Cc3ccccc3C(C)=O)CC2)cc1. The second-order valence-corrected chi connectivity index (χ2v) is 9.30. The van der Waals surface area contributed by atoms with Crippen LogP contribution in [0.25, 0.3) is 11.0 Å². The minimum atomic E-state index is 0.100. The molecule has 0 unspecified atom stereocenters. The molecule has 0 aliphatic carbocycles. The molecule has 0 fully saturated rings. The van der Waals surface area contributed by atoms with Crippen molar-refractivity contribution in [2.24, 2.45) is 5.10 Å². The lowest BCUT2D eigenvalue weighted by molar-refractivity contribution is 0.101. The summed E-state index contributed by atoms with van der Waals surface area (Å²) in [4.78, 5) is 16.9. The van der Waals surface area contributed by atoms with Gasteiger partial charge in [0.2, 0.25) is 0 Å². The molecule has 2 heterocycles. The van der Waals surface area contributed by atoms with Gasteiger partial charge < -0.3 is 4.57 Å². The highest BCUT2D eigenvalue weighted by molar-refractivity contribution is 6.01. The minimum absolute atomic E-state index is 0.100. The Hall–Kier alpha value is -3.73. The Labute approximate surface area is 207 Å². The summed E-state index contributed by atoms with van der Waals surface area (Å²) in [6.07, 6.45) is 4.23. The molecule has 178 valence electrons. The van der Waals surface area contributed by atoms with Crippen LogP contribution in [-0.4, -0.2) is 32.6 Å². The summed E-state index contributed by atoms with van der Waals surface area (Å²) in [7, 11) is 0. The maximum absolute atomic E-state index is 12.0. The lowest BCUT2D eigenvalue weighted by Gasteiger charge is -2.15. The molecule has 0 spiro atoms. The van der Waals surface area contributed by atoms with Crippen molar-refractivity contribution in [3.63, 3.8) is 0 Å². The number of hydrogen-bond acceptors (Lipinski definition) is 4. The molecule has 0 atom stereocenters. The zero-order valence-electron chi connectivity index (χ0n) is 20.6. The van der Waals surface area contributed by atoms with Gasteiger partial charge in [0.25, 0.3) is 0 Å². The standard InChI is InChI=1S/C30H32N4O/c1-3-4-13-30-31-28-11-7-8-12-29(28)34(30)20-23-14-16-24(17-15-23)27-18-19-33(32-27)21-25-9-5-6-10-26(25)22(2)35/h5-12,14-17H,3-4,13,18-21H2,1-2H3. The first-order valence-electron chi connectivity index (χ1n) is 12.6. The summed E-state index contributed by atoms with van der Waals surface area (Å²) in [6.45, 7) is 6.19. The van der Waals surface area contributed by atoms with Gasteiger partial charge in [-0.2, -0.15) is 5.10 Å². The van der Waals surface area contributed by atoms with Gasteiger partial charge >= 0.3 is 0 Å². The van der Waals surface area contributed by atoms with E-state index in [9.17, 15) is 4.79 Å². The topological polar surface area (TPSA) is 50.5 Å². The van der Waals surface area contributed by atoms with E-state index in [4.69, 9.17) is 10.1 Å². The van der Waals surface area contributed by atoms with Crippen molar-refractivity contribution in [2.75, 3.05) is 6.54 Å². The lowest BCUT2D eigenvalue weighted by Crippen LogP contribution is -2.15. The number of rotatable bonds is 9.